The van der Waals surface area contributed by atoms with Crippen LogP contribution in [0.5, 0.6) is 0 Å². The maximum Gasteiger partial charge on any atom is 0.323 e. The minimum absolute atomic E-state index is 0.430. The van der Waals surface area contributed by atoms with E-state index in [9.17, 15) is 9.90 Å². The molecule has 17 heavy (non-hydrogen) atoms. The molecule has 0 spiro atoms. The smallest absolute Gasteiger partial charge is 0.323 e. The molecule has 0 aliphatic heterocycles. The molecule has 4 nitrogen and oxygen atoms in total. The molecule has 0 heterocycles. The lowest BCUT2D eigenvalue weighted by Crippen LogP contribution is -2.50. The van der Waals surface area contributed by atoms with Crippen LogP contribution < -0.4 is 5.32 Å². The summed E-state index contributed by atoms with van der Waals surface area (Å²) in [6.07, 6.45) is 3.84. The Balaban J connectivity index is 2.36. The molecule has 2 N–H and O–H groups in total. The molecule has 1 atom stereocenters. The molecule has 0 radical (unpaired) electrons. The summed E-state index contributed by atoms with van der Waals surface area (Å²) in [4.78, 5) is 13.6. The molecule has 0 bridgehead atoms. The number of nitrogens with zero attached hydrogens (tertiary/aromatic N) is 1. The van der Waals surface area contributed by atoms with Crippen molar-refractivity contribution in [3.8, 4) is 0 Å². The molecule has 1 aliphatic rings. The normalized spacial score (nSPS) is 19.6. The van der Waals surface area contributed by atoms with Crippen LogP contribution in [0.25, 0.3) is 0 Å². The molecule has 4 heteroatoms. The fourth-order valence-electron chi connectivity index (χ4n) is 1.86. The van der Waals surface area contributed by atoms with Crippen LogP contribution in [-0.2, 0) is 4.79 Å². The van der Waals surface area contributed by atoms with Crippen LogP contribution in [0.1, 0.15) is 46.5 Å². The fourth-order valence-corrected chi connectivity index (χ4v) is 1.86. The molecule has 0 aromatic rings. The number of rotatable bonds is 8. The van der Waals surface area contributed by atoms with Gasteiger partial charge in [0, 0.05) is 12.1 Å². The van der Waals surface area contributed by atoms with E-state index in [1.165, 1.54) is 0 Å². The first-order chi connectivity index (χ1) is 7.85. The predicted molar refractivity (Wildman–Crippen MR) is 69.2 cm³/mol. The molecule has 1 saturated carbocycles. The molecule has 0 aromatic heterocycles. The first-order valence-electron chi connectivity index (χ1n) is 6.56. The molecular weight excluding hydrogens is 216 g/mol. The van der Waals surface area contributed by atoms with E-state index in [-0.39, 0.29) is 0 Å². The highest BCUT2D eigenvalue weighted by Crippen LogP contribution is 2.25. The van der Waals surface area contributed by atoms with Crippen molar-refractivity contribution in [3.63, 3.8) is 0 Å². The van der Waals surface area contributed by atoms with E-state index >= 15 is 0 Å². The monoisotopic (exact) mass is 242 g/mol. The standard InChI is InChI=1S/C13H26N2O2/c1-10(2)15(4)9-5-8-13(3,12(16)17)14-11-6-7-11/h10-11,14H,5-9H2,1-4H3,(H,16,17). The summed E-state index contributed by atoms with van der Waals surface area (Å²) >= 11 is 0. The number of nitrogens with one attached hydrogen (secondary N) is 1. The SMILES string of the molecule is CC(C)N(C)CCCC(C)(NC1CC1)C(=O)O. The highest BCUT2D eigenvalue weighted by molar-refractivity contribution is 5.78. The first-order valence-corrected chi connectivity index (χ1v) is 6.56. The molecule has 1 fully saturated rings. The van der Waals surface area contributed by atoms with Crippen molar-refractivity contribution < 1.29 is 9.90 Å². The van der Waals surface area contributed by atoms with E-state index < -0.39 is 11.5 Å². The average molecular weight is 242 g/mol. The number of carboxylic acid groups (broad SMARTS) is 1. The van der Waals surface area contributed by atoms with Gasteiger partial charge in [-0.2, -0.15) is 0 Å². The summed E-state index contributed by atoms with van der Waals surface area (Å²) in [6.45, 7) is 7.06. The van der Waals surface area contributed by atoms with Crippen molar-refractivity contribution in [1.29, 1.82) is 0 Å². The van der Waals surface area contributed by atoms with Crippen molar-refractivity contribution in [2.45, 2.75) is 64.1 Å². The zero-order valence-electron chi connectivity index (χ0n) is 11.5. The van der Waals surface area contributed by atoms with Gasteiger partial charge in [0.25, 0.3) is 0 Å². The van der Waals surface area contributed by atoms with E-state index in [0.29, 0.717) is 18.5 Å². The quantitative estimate of drug-likeness (QED) is 0.680. The van der Waals surface area contributed by atoms with Crippen LogP contribution in [0.4, 0.5) is 0 Å². The summed E-state index contributed by atoms with van der Waals surface area (Å²) in [5, 5.41) is 12.6. The molecule has 1 aliphatic carbocycles. The number of carboxylic acids is 1. The van der Waals surface area contributed by atoms with E-state index in [1.807, 2.05) is 6.92 Å². The second-order valence-corrected chi connectivity index (χ2v) is 5.73. The highest BCUT2D eigenvalue weighted by atomic mass is 16.4. The number of carbonyl (C=O) groups is 1. The van der Waals surface area contributed by atoms with Gasteiger partial charge in [-0.3, -0.25) is 10.1 Å². The van der Waals surface area contributed by atoms with Gasteiger partial charge in [-0.25, -0.2) is 0 Å². The van der Waals surface area contributed by atoms with Crippen LogP contribution >= 0.6 is 0 Å². The lowest BCUT2D eigenvalue weighted by molar-refractivity contribution is -0.144. The third-order valence-electron chi connectivity index (χ3n) is 3.64. The first kappa shape index (κ1) is 14.5. The van der Waals surface area contributed by atoms with Crippen LogP contribution in [-0.4, -0.2) is 47.2 Å². The summed E-state index contributed by atoms with van der Waals surface area (Å²) in [5.41, 5.74) is -0.751. The van der Waals surface area contributed by atoms with Crippen LogP contribution in [0.15, 0.2) is 0 Å². The Bertz CT molecular complexity index is 264. The summed E-state index contributed by atoms with van der Waals surface area (Å²) < 4.78 is 0. The van der Waals surface area contributed by atoms with Crippen molar-refractivity contribution in [3.05, 3.63) is 0 Å². The van der Waals surface area contributed by atoms with Gasteiger partial charge < -0.3 is 10.0 Å². The number of hydrogen-bond donors (Lipinski definition) is 2. The largest absolute Gasteiger partial charge is 0.480 e. The molecule has 1 unspecified atom stereocenters. The highest BCUT2D eigenvalue weighted by Gasteiger charge is 2.37. The predicted octanol–water partition coefficient (Wildman–Crippen LogP) is 1.70. The summed E-state index contributed by atoms with van der Waals surface area (Å²) in [6, 6.07) is 0.946. The Labute approximate surface area is 104 Å². The molecule has 100 valence electrons. The second-order valence-electron chi connectivity index (χ2n) is 5.73. The summed E-state index contributed by atoms with van der Waals surface area (Å²) in [5.74, 6) is -0.725. The van der Waals surface area contributed by atoms with E-state index in [0.717, 1.165) is 25.8 Å². The van der Waals surface area contributed by atoms with Gasteiger partial charge >= 0.3 is 5.97 Å². The van der Waals surface area contributed by atoms with E-state index in [2.05, 4.69) is 31.1 Å². The number of hydrogen-bond acceptors (Lipinski definition) is 3. The Morgan fingerprint density at radius 2 is 2.12 bits per heavy atom. The van der Waals surface area contributed by atoms with Gasteiger partial charge in [-0.05, 0) is 60.0 Å². The lowest BCUT2D eigenvalue weighted by Gasteiger charge is -2.28. The second kappa shape index (κ2) is 5.83. The van der Waals surface area contributed by atoms with Gasteiger partial charge in [-0.1, -0.05) is 0 Å². The maximum atomic E-state index is 11.3. The van der Waals surface area contributed by atoms with E-state index in [4.69, 9.17) is 0 Å². The Morgan fingerprint density at radius 1 is 1.53 bits per heavy atom. The zero-order valence-corrected chi connectivity index (χ0v) is 11.5. The minimum Gasteiger partial charge on any atom is -0.480 e. The van der Waals surface area contributed by atoms with Gasteiger partial charge in [0.1, 0.15) is 5.54 Å². The molecular formula is C13H26N2O2. The van der Waals surface area contributed by atoms with Crippen molar-refractivity contribution in [1.82, 2.24) is 10.2 Å². The van der Waals surface area contributed by atoms with Gasteiger partial charge in [0.2, 0.25) is 0 Å². The molecule has 0 aromatic carbocycles. The Morgan fingerprint density at radius 3 is 2.53 bits per heavy atom. The third-order valence-corrected chi connectivity index (χ3v) is 3.64. The van der Waals surface area contributed by atoms with Crippen LogP contribution in [0.2, 0.25) is 0 Å². The van der Waals surface area contributed by atoms with Crippen LogP contribution in [0, 0.1) is 0 Å². The van der Waals surface area contributed by atoms with Crippen LogP contribution in [0.3, 0.4) is 0 Å². The lowest BCUT2D eigenvalue weighted by atomic mass is 9.95. The zero-order chi connectivity index (χ0) is 13.1. The molecule has 0 saturated heterocycles. The topological polar surface area (TPSA) is 52.6 Å². The van der Waals surface area contributed by atoms with Crippen molar-refractivity contribution in [2.24, 2.45) is 0 Å². The maximum absolute atomic E-state index is 11.3. The third kappa shape index (κ3) is 4.64. The van der Waals surface area contributed by atoms with Gasteiger partial charge in [0.05, 0.1) is 0 Å². The minimum atomic E-state index is -0.751. The average Bonchev–Trinajstić information content (AvgIpc) is 3.00. The number of aliphatic carboxylic acids is 1. The summed E-state index contributed by atoms with van der Waals surface area (Å²) in [7, 11) is 2.08. The van der Waals surface area contributed by atoms with E-state index in [1.54, 1.807) is 0 Å². The molecule has 0 amide bonds. The van der Waals surface area contributed by atoms with Gasteiger partial charge in [-0.15, -0.1) is 0 Å². The fraction of sp³-hybridized carbons (Fsp3) is 0.923. The molecule has 1 rings (SSSR count). The van der Waals surface area contributed by atoms with Crippen molar-refractivity contribution in [2.75, 3.05) is 13.6 Å². The Kier molecular flexibility index (Phi) is 4.95. The van der Waals surface area contributed by atoms with Crippen molar-refractivity contribution >= 4 is 5.97 Å². The van der Waals surface area contributed by atoms with Gasteiger partial charge in [0.15, 0.2) is 0 Å². The Hall–Kier alpha value is -0.610.